The van der Waals surface area contributed by atoms with E-state index in [1.165, 1.54) is 0 Å². The van der Waals surface area contributed by atoms with Crippen LogP contribution in [0.25, 0.3) is 16.9 Å². The van der Waals surface area contributed by atoms with E-state index in [2.05, 4.69) is 30.2 Å². The van der Waals surface area contributed by atoms with Crippen LogP contribution in [-0.2, 0) is 6.54 Å². The number of fused-ring (bicyclic) bond motifs is 1. The van der Waals surface area contributed by atoms with E-state index in [4.69, 9.17) is 21.1 Å². The molecule has 0 saturated heterocycles. The molecule has 166 valence electrons. The van der Waals surface area contributed by atoms with E-state index in [0.717, 1.165) is 22.6 Å². The summed E-state index contributed by atoms with van der Waals surface area (Å²) in [5.74, 6) is 3.15. The number of nitrogens with one attached hydrogen (secondary N) is 2. The van der Waals surface area contributed by atoms with Gasteiger partial charge in [0.2, 0.25) is 11.8 Å². The SMILES string of the molecule is COc1ccc(Oc2cc(-n3cnc(C)c3)nc(NCc3nc4ccccc4[nH]3)n2)c(Cl)c1. The van der Waals surface area contributed by atoms with Crippen LogP contribution in [0.15, 0.2) is 61.1 Å². The quantitative estimate of drug-likeness (QED) is 0.355. The first-order valence-electron chi connectivity index (χ1n) is 10.2. The van der Waals surface area contributed by atoms with Gasteiger partial charge in [-0.05, 0) is 31.2 Å². The monoisotopic (exact) mass is 461 g/mol. The smallest absolute Gasteiger partial charge is 0.228 e. The summed E-state index contributed by atoms with van der Waals surface area (Å²) in [4.78, 5) is 21.2. The number of aryl methyl sites for hydroxylation is 1. The molecule has 0 spiro atoms. The molecule has 0 amide bonds. The van der Waals surface area contributed by atoms with E-state index in [0.29, 0.717) is 40.7 Å². The van der Waals surface area contributed by atoms with Gasteiger partial charge in [0.1, 0.15) is 29.5 Å². The van der Waals surface area contributed by atoms with Crippen molar-refractivity contribution in [3.8, 4) is 23.2 Å². The van der Waals surface area contributed by atoms with Crippen molar-refractivity contribution in [2.75, 3.05) is 12.4 Å². The Kier molecular flexibility index (Phi) is 5.54. The number of aromatic nitrogens is 6. The third kappa shape index (κ3) is 4.58. The molecular weight excluding hydrogens is 442 g/mol. The highest BCUT2D eigenvalue weighted by Crippen LogP contribution is 2.32. The van der Waals surface area contributed by atoms with Gasteiger partial charge in [-0.1, -0.05) is 23.7 Å². The van der Waals surface area contributed by atoms with Crippen LogP contribution in [0.3, 0.4) is 0 Å². The minimum atomic E-state index is 0.325. The first-order chi connectivity index (χ1) is 16.1. The maximum absolute atomic E-state index is 6.35. The van der Waals surface area contributed by atoms with Crippen LogP contribution in [0.1, 0.15) is 11.5 Å². The molecule has 0 radical (unpaired) electrons. The number of nitrogens with zero attached hydrogens (tertiary/aromatic N) is 5. The van der Waals surface area contributed by atoms with Crippen LogP contribution in [0.4, 0.5) is 5.95 Å². The molecule has 3 aromatic heterocycles. The molecule has 0 bridgehead atoms. The van der Waals surface area contributed by atoms with Gasteiger partial charge in [0, 0.05) is 18.3 Å². The first kappa shape index (κ1) is 20.8. The molecule has 9 nitrogen and oxygen atoms in total. The van der Waals surface area contributed by atoms with Crippen molar-refractivity contribution >= 4 is 28.6 Å². The number of methoxy groups -OCH3 is 1. The molecule has 3 heterocycles. The van der Waals surface area contributed by atoms with Crippen molar-refractivity contribution in [3.05, 3.63) is 77.6 Å². The lowest BCUT2D eigenvalue weighted by Crippen LogP contribution is -2.08. The lowest BCUT2D eigenvalue weighted by Gasteiger charge is -2.12. The molecule has 5 rings (SSSR count). The van der Waals surface area contributed by atoms with Crippen molar-refractivity contribution in [2.45, 2.75) is 13.5 Å². The zero-order valence-electron chi connectivity index (χ0n) is 17.9. The number of imidazole rings is 2. The number of hydrogen-bond donors (Lipinski definition) is 2. The van der Waals surface area contributed by atoms with Gasteiger partial charge in [-0.2, -0.15) is 9.97 Å². The van der Waals surface area contributed by atoms with Gasteiger partial charge in [0.25, 0.3) is 0 Å². The standard InChI is InChI=1S/C23H20ClN7O2/c1-14-12-31(13-26-14)21-10-22(33-19-8-7-15(32-2)9-16(19)24)30-23(29-21)25-11-20-27-17-5-3-4-6-18(17)28-20/h3-10,12-13H,11H2,1-2H3,(H,27,28)(H,25,29,30). The molecule has 5 aromatic rings. The molecule has 2 N–H and O–H groups in total. The molecule has 0 saturated carbocycles. The fourth-order valence-corrected chi connectivity index (χ4v) is 3.49. The number of anilines is 1. The maximum atomic E-state index is 6.35. The summed E-state index contributed by atoms with van der Waals surface area (Å²) < 4.78 is 13.0. The van der Waals surface area contributed by atoms with E-state index in [9.17, 15) is 0 Å². The first-order valence-corrected chi connectivity index (χ1v) is 10.5. The predicted octanol–water partition coefficient (Wildman–Crippen LogP) is 4.91. The Hall–Kier alpha value is -4.11. The second-order valence-corrected chi connectivity index (χ2v) is 7.67. The Morgan fingerprint density at radius 1 is 1.09 bits per heavy atom. The fraction of sp³-hybridized carbons (Fsp3) is 0.130. The predicted molar refractivity (Wildman–Crippen MR) is 125 cm³/mol. The van der Waals surface area contributed by atoms with E-state index in [1.807, 2.05) is 37.4 Å². The zero-order chi connectivity index (χ0) is 22.8. The third-order valence-corrected chi connectivity index (χ3v) is 5.17. The Balaban J connectivity index is 1.44. The molecule has 0 aliphatic heterocycles. The summed E-state index contributed by atoms with van der Waals surface area (Å²) in [5.41, 5.74) is 2.73. The van der Waals surface area contributed by atoms with Gasteiger partial charge >= 0.3 is 0 Å². The van der Waals surface area contributed by atoms with E-state index < -0.39 is 0 Å². The lowest BCUT2D eigenvalue weighted by molar-refractivity contribution is 0.412. The second kappa shape index (κ2) is 8.79. The lowest BCUT2D eigenvalue weighted by atomic mass is 10.3. The number of rotatable bonds is 7. The van der Waals surface area contributed by atoms with Crippen molar-refractivity contribution < 1.29 is 9.47 Å². The number of hydrogen-bond acceptors (Lipinski definition) is 7. The number of aromatic amines is 1. The number of ether oxygens (including phenoxy) is 2. The third-order valence-electron chi connectivity index (χ3n) is 4.87. The minimum absolute atomic E-state index is 0.325. The van der Waals surface area contributed by atoms with E-state index in [1.54, 1.807) is 42.3 Å². The van der Waals surface area contributed by atoms with Crippen LogP contribution >= 0.6 is 11.6 Å². The molecule has 0 aliphatic carbocycles. The highest BCUT2D eigenvalue weighted by atomic mass is 35.5. The Labute approximate surface area is 194 Å². The van der Waals surface area contributed by atoms with Crippen LogP contribution in [-0.4, -0.2) is 36.6 Å². The van der Waals surface area contributed by atoms with Crippen molar-refractivity contribution in [3.63, 3.8) is 0 Å². The van der Waals surface area contributed by atoms with E-state index >= 15 is 0 Å². The van der Waals surface area contributed by atoms with Crippen molar-refractivity contribution in [1.29, 1.82) is 0 Å². The Morgan fingerprint density at radius 3 is 2.73 bits per heavy atom. The van der Waals surface area contributed by atoms with Crippen LogP contribution < -0.4 is 14.8 Å². The fourth-order valence-electron chi connectivity index (χ4n) is 3.28. The van der Waals surface area contributed by atoms with Gasteiger partial charge < -0.3 is 19.8 Å². The van der Waals surface area contributed by atoms with Gasteiger partial charge in [-0.15, -0.1) is 0 Å². The summed E-state index contributed by atoms with van der Waals surface area (Å²) in [6.45, 7) is 2.32. The average Bonchev–Trinajstić information content (AvgIpc) is 3.45. The van der Waals surface area contributed by atoms with Gasteiger partial charge in [0.15, 0.2) is 0 Å². The van der Waals surface area contributed by atoms with Gasteiger partial charge in [-0.3, -0.25) is 4.57 Å². The molecule has 10 heteroatoms. The molecule has 0 unspecified atom stereocenters. The van der Waals surface area contributed by atoms with Gasteiger partial charge in [0.05, 0.1) is 35.4 Å². The van der Waals surface area contributed by atoms with Crippen molar-refractivity contribution in [2.24, 2.45) is 0 Å². The number of para-hydroxylation sites is 2. The number of halogens is 1. The summed E-state index contributed by atoms with van der Waals surface area (Å²) >= 11 is 6.35. The van der Waals surface area contributed by atoms with Crippen LogP contribution in [0.5, 0.6) is 17.4 Å². The molecule has 0 aliphatic rings. The minimum Gasteiger partial charge on any atom is -0.497 e. The van der Waals surface area contributed by atoms with Crippen LogP contribution in [0, 0.1) is 6.92 Å². The second-order valence-electron chi connectivity index (χ2n) is 7.26. The highest BCUT2D eigenvalue weighted by molar-refractivity contribution is 6.32. The molecule has 33 heavy (non-hydrogen) atoms. The summed E-state index contributed by atoms with van der Waals surface area (Å²) in [6, 6.07) is 14.7. The Bertz CT molecular complexity index is 1400. The number of benzene rings is 2. The summed E-state index contributed by atoms with van der Waals surface area (Å²) in [7, 11) is 1.58. The molecular formula is C23H20ClN7O2. The average molecular weight is 462 g/mol. The van der Waals surface area contributed by atoms with Gasteiger partial charge in [-0.25, -0.2) is 9.97 Å². The Morgan fingerprint density at radius 2 is 1.97 bits per heavy atom. The summed E-state index contributed by atoms with van der Waals surface area (Å²) in [6.07, 6.45) is 3.56. The zero-order valence-corrected chi connectivity index (χ0v) is 18.7. The molecule has 2 aromatic carbocycles. The van der Waals surface area contributed by atoms with Crippen LogP contribution in [0.2, 0.25) is 5.02 Å². The molecule has 0 atom stereocenters. The maximum Gasteiger partial charge on any atom is 0.228 e. The topological polar surface area (TPSA) is 103 Å². The largest absolute Gasteiger partial charge is 0.497 e. The number of H-pyrrole nitrogens is 1. The molecule has 0 fully saturated rings. The summed E-state index contributed by atoms with van der Waals surface area (Å²) in [5, 5.41) is 3.62. The highest BCUT2D eigenvalue weighted by Gasteiger charge is 2.12. The van der Waals surface area contributed by atoms with Crippen molar-refractivity contribution in [1.82, 2.24) is 29.5 Å². The normalized spacial score (nSPS) is 11.0. The van der Waals surface area contributed by atoms with E-state index in [-0.39, 0.29) is 0 Å².